The Hall–Kier alpha value is -5.75. The summed E-state index contributed by atoms with van der Waals surface area (Å²) in [5, 5.41) is 16.4. The number of sulfonamides is 1. The van der Waals surface area contributed by atoms with E-state index in [1.807, 2.05) is 12.1 Å². The van der Waals surface area contributed by atoms with Crippen LogP contribution in [0, 0.1) is 15.5 Å². The number of aromatic amines is 1. The van der Waals surface area contributed by atoms with Gasteiger partial charge in [-0.3, -0.25) is 24.7 Å². The Bertz CT molecular complexity index is 2740. The van der Waals surface area contributed by atoms with Crippen LogP contribution >= 0.6 is 0 Å². The number of likely N-dealkylation sites (N-methyl/N-ethyl adjacent to an activating group) is 1. The van der Waals surface area contributed by atoms with Crippen LogP contribution in [0.4, 0.5) is 17.1 Å². The third-order valence-corrected chi connectivity index (χ3v) is 16.0. The number of anilines is 2. The number of ether oxygens (including phenoxy) is 2. The van der Waals surface area contributed by atoms with Crippen LogP contribution in [0.5, 0.6) is 17.2 Å². The van der Waals surface area contributed by atoms with Gasteiger partial charge in [-0.15, -0.1) is 0 Å². The largest absolute Gasteiger partial charge is 0.489 e. The van der Waals surface area contributed by atoms with E-state index in [1.165, 1.54) is 42.9 Å². The van der Waals surface area contributed by atoms with Gasteiger partial charge < -0.3 is 29.6 Å². The molecule has 10 rings (SSSR count). The van der Waals surface area contributed by atoms with Crippen molar-refractivity contribution >= 4 is 44.0 Å². The number of benzene rings is 3. The lowest BCUT2D eigenvalue weighted by Crippen LogP contribution is -2.54. The number of H-pyrrole nitrogens is 1. The van der Waals surface area contributed by atoms with Crippen LogP contribution in [0.1, 0.15) is 85.8 Å². The van der Waals surface area contributed by atoms with E-state index in [-0.39, 0.29) is 35.4 Å². The number of likely N-dealkylation sites (tertiary alicyclic amines) is 1. The van der Waals surface area contributed by atoms with Crippen molar-refractivity contribution in [1.82, 2.24) is 29.4 Å². The minimum Gasteiger partial charge on any atom is -0.489 e. The van der Waals surface area contributed by atoms with Crippen molar-refractivity contribution in [2.75, 3.05) is 76.2 Å². The van der Waals surface area contributed by atoms with Gasteiger partial charge in [0.2, 0.25) is 0 Å². The van der Waals surface area contributed by atoms with Gasteiger partial charge in [-0.1, -0.05) is 38.1 Å². The number of aromatic nitrogens is 2. The van der Waals surface area contributed by atoms with E-state index in [0.29, 0.717) is 41.4 Å². The molecule has 0 radical (unpaired) electrons. The maximum atomic E-state index is 14.1. The Balaban J connectivity index is 0.848. The maximum Gasteiger partial charge on any atom is 0.297 e. The van der Waals surface area contributed by atoms with Crippen LogP contribution in [-0.4, -0.2) is 122 Å². The van der Waals surface area contributed by atoms with E-state index in [9.17, 15) is 23.3 Å². The highest BCUT2D eigenvalue weighted by atomic mass is 32.2. The predicted molar refractivity (Wildman–Crippen MR) is 253 cm³/mol. The minimum atomic E-state index is -4.64. The summed E-state index contributed by atoms with van der Waals surface area (Å²) >= 11 is 0. The minimum absolute atomic E-state index is 0.0249. The maximum absolute atomic E-state index is 14.1. The Morgan fingerprint density at radius 2 is 1.80 bits per heavy atom. The molecule has 3 saturated heterocycles. The summed E-state index contributed by atoms with van der Waals surface area (Å²) < 4.78 is 42.4. The topological polar surface area (TPSA) is 179 Å². The van der Waals surface area contributed by atoms with E-state index >= 15 is 0 Å². The zero-order valence-electron chi connectivity index (χ0n) is 37.9. The normalized spacial score (nSPS) is 21.6. The molecular weight excluding hydrogens is 859 g/mol. The summed E-state index contributed by atoms with van der Waals surface area (Å²) in [5.74, 6) is 0.0896. The number of carbonyl (C=O) groups excluding carboxylic acids is 1. The monoisotopic (exact) mass is 917 g/mol. The van der Waals surface area contributed by atoms with Crippen LogP contribution < -0.4 is 24.4 Å². The summed E-state index contributed by atoms with van der Waals surface area (Å²) in [7, 11) is -2.56. The lowest BCUT2D eigenvalue weighted by Gasteiger charge is -2.56. The second kappa shape index (κ2) is 17.8. The van der Waals surface area contributed by atoms with Gasteiger partial charge in [-0.2, -0.15) is 0 Å². The fourth-order valence-corrected chi connectivity index (χ4v) is 12.1. The number of hydrogen-bond donors (Lipinski definition) is 3. The second-order valence-corrected chi connectivity index (χ2v) is 21.0. The fourth-order valence-electron chi connectivity index (χ4n) is 11.1. The van der Waals surface area contributed by atoms with Crippen molar-refractivity contribution in [3.63, 3.8) is 0 Å². The number of piperazine rings is 1. The molecule has 4 fully saturated rings. The van der Waals surface area contributed by atoms with Crippen molar-refractivity contribution in [2.24, 2.45) is 5.41 Å². The molecule has 3 N–H and O–H groups in total. The zero-order chi connectivity index (χ0) is 45.7. The number of carbonyl (C=O) groups is 1. The van der Waals surface area contributed by atoms with E-state index in [4.69, 9.17) is 9.47 Å². The molecule has 16 nitrogen and oxygen atoms in total. The summed E-state index contributed by atoms with van der Waals surface area (Å²) in [4.78, 5) is 42.5. The highest BCUT2D eigenvalue weighted by molar-refractivity contribution is 7.90. The Morgan fingerprint density at radius 1 is 1.02 bits per heavy atom. The van der Waals surface area contributed by atoms with Crippen LogP contribution in [0.2, 0.25) is 0 Å². The van der Waals surface area contributed by atoms with E-state index in [1.54, 1.807) is 30.6 Å². The molecular formula is C49H59N9O7S. The molecule has 2 atom stereocenters. The van der Waals surface area contributed by atoms with Gasteiger partial charge in [0.25, 0.3) is 21.6 Å². The molecule has 6 heterocycles. The Labute approximate surface area is 385 Å². The van der Waals surface area contributed by atoms with Crippen LogP contribution in [0.15, 0.2) is 84.0 Å². The molecule has 66 heavy (non-hydrogen) atoms. The molecule has 348 valence electrons. The smallest absolute Gasteiger partial charge is 0.297 e. The number of rotatable bonds is 12. The summed E-state index contributed by atoms with van der Waals surface area (Å²) in [6.45, 7) is 11.8. The average molecular weight is 918 g/mol. The molecule has 0 bridgehead atoms. The molecule has 5 aromatic rings. The van der Waals surface area contributed by atoms with Crippen LogP contribution in [0.25, 0.3) is 11.0 Å². The van der Waals surface area contributed by atoms with Crippen LogP contribution in [-0.2, 0) is 10.0 Å². The number of nitrogens with zero attached hydrogens (tertiary/aromatic N) is 6. The van der Waals surface area contributed by atoms with Gasteiger partial charge in [0.15, 0.2) is 11.4 Å². The molecule has 2 aromatic heterocycles. The lowest BCUT2D eigenvalue weighted by atomic mass is 9.59. The summed E-state index contributed by atoms with van der Waals surface area (Å²) in [6, 6.07) is 20.9. The van der Waals surface area contributed by atoms with Crippen LogP contribution in [0.3, 0.4) is 0 Å². The summed E-state index contributed by atoms with van der Waals surface area (Å²) in [6.07, 6.45) is 10.3. The lowest BCUT2D eigenvalue weighted by molar-refractivity contribution is -0.384. The number of nitro groups is 1. The SMILES string of the molecule is CC(C)c1ccccc1C1CCCN1C1CC2(CCN(c3ccc(C(=O)NS(=O)(=O)c4cc5c(c([N+](=O)[O-])c4)NC(CN4CCN(C)CC4)CO5)c(Oc4cnc5[nH]ccc5c4)c3)CC2)C1. The van der Waals surface area contributed by atoms with E-state index in [2.05, 4.69) is 84.8 Å². The first-order chi connectivity index (χ1) is 31.8. The number of nitrogens with one attached hydrogen (secondary N) is 3. The predicted octanol–water partition coefficient (Wildman–Crippen LogP) is 7.51. The number of fused-ring (bicyclic) bond motifs is 2. The number of piperidine rings is 1. The van der Waals surface area contributed by atoms with Crippen molar-refractivity contribution in [3.05, 3.63) is 106 Å². The quantitative estimate of drug-likeness (QED) is 0.0828. The van der Waals surface area contributed by atoms with E-state index < -0.39 is 31.4 Å². The molecule has 5 aliphatic rings. The summed E-state index contributed by atoms with van der Waals surface area (Å²) in [5.41, 5.74) is 4.42. The van der Waals surface area contributed by atoms with Crippen molar-refractivity contribution < 1.29 is 27.6 Å². The average Bonchev–Trinajstić information content (AvgIpc) is 3.99. The molecule has 17 heteroatoms. The molecule has 1 aliphatic carbocycles. The van der Waals surface area contributed by atoms with Crippen molar-refractivity contribution in [2.45, 2.75) is 81.3 Å². The first kappa shape index (κ1) is 44.1. The first-order valence-electron chi connectivity index (χ1n) is 23.4. The van der Waals surface area contributed by atoms with E-state index in [0.717, 1.165) is 75.8 Å². The van der Waals surface area contributed by atoms with Gasteiger partial charge in [-0.25, -0.2) is 18.1 Å². The molecule has 1 spiro atoms. The number of amides is 1. The van der Waals surface area contributed by atoms with Gasteiger partial charge in [0, 0.05) is 93.4 Å². The third kappa shape index (κ3) is 8.81. The molecule has 3 aromatic carbocycles. The molecule has 4 aliphatic heterocycles. The molecule has 1 saturated carbocycles. The second-order valence-electron chi connectivity index (χ2n) is 19.4. The van der Waals surface area contributed by atoms with Crippen molar-refractivity contribution in [3.8, 4) is 17.2 Å². The standard InChI is InChI=1S/C49H59N9O7S/c1-32(2)39-7-4-5-8-40(39)42-9-6-16-57(42)36-27-49(28-36)13-17-56(18-14-49)35-10-11-41(44(24-35)65-37-23-33-12-15-50-47(33)51-29-37)48(59)53-66(62,63)38-25-43(58(60)61)46-45(26-38)64-31-34(52-46)30-55-21-19-54(3)20-22-55/h4-5,7-8,10-12,15,23-26,29,32,34,36,42,52H,6,9,13-14,16-22,27-28,30-31H2,1-3H3,(H,50,51)(H,53,59). The van der Waals surface area contributed by atoms with Gasteiger partial charge in [0.05, 0.1) is 27.6 Å². The zero-order valence-corrected chi connectivity index (χ0v) is 38.7. The van der Waals surface area contributed by atoms with Gasteiger partial charge >= 0.3 is 0 Å². The highest BCUT2D eigenvalue weighted by Crippen LogP contribution is 2.54. The third-order valence-electron chi connectivity index (χ3n) is 14.7. The first-order valence-corrected chi connectivity index (χ1v) is 24.8. The number of pyridine rings is 1. The number of nitro benzene ring substituents is 1. The van der Waals surface area contributed by atoms with Gasteiger partial charge in [0.1, 0.15) is 23.8 Å². The van der Waals surface area contributed by atoms with Crippen molar-refractivity contribution in [1.29, 1.82) is 0 Å². The molecule has 2 unspecified atom stereocenters. The Kier molecular flexibility index (Phi) is 11.9. The highest BCUT2D eigenvalue weighted by Gasteiger charge is 2.50. The fraction of sp³-hybridized carbons (Fsp3) is 0.469. The Morgan fingerprint density at radius 3 is 2.58 bits per heavy atom. The number of hydrogen-bond acceptors (Lipinski definition) is 13. The van der Waals surface area contributed by atoms with Gasteiger partial charge in [-0.05, 0) is 98.8 Å². The molecule has 1 amide bonds.